The Hall–Kier alpha value is -3.17. The lowest BCUT2D eigenvalue weighted by Crippen LogP contribution is -2.22. The van der Waals surface area contributed by atoms with Gasteiger partial charge in [0, 0.05) is 36.4 Å². The van der Waals surface area contributed by atoms with Crippen LogP contribution in [0.3, 0.4) is 0 Å². The number of amides is 2. The lowest BCUT2D eigenvalue weighted by atomic mass is 9.88. The normalized spacial score (nSPS) is 17.3. The number of fused-ring (bicyclic) bond motifs is 3. The van der Waals surface area contributed by atoms with E-state index in [0.717, 1.165) is 11.3 Å². The molecule has 32 heavy (non-hydrogen) atoms. The first-order valence-electron chi connectivity index (χ1n) is 9.81. The molecular weight excluding hydrogens is 453 g/mol. The van der Waals surface area contributed by atoms with Crippen molar-refractivity contribution < 1.29 is 9.59 Å². The van der Waals surface area contributed by atoms with E-state index in [4.69, 9.17) is 28.9 Å². The third-order valence-corrected chi connectivity index (χ3v) is 5.92. The number of carbonyl (C=O) groups excluding carboxylic acids is 2. The van der Waals surface area contributed by atoms with Crippen LogP contribution in [0.15, 0.2) is 30.6 Å². The number of aromatic nitrogens is 4. The zero-order valence-electron chi connectivity index (χ0n) is 17.6. The highest BCUT2D eigenvalue weighted by Gasteiger charge is 2.43. The first-order valence-corrected chi connectivity index (χ1v) is 10.6. The van der Waals surface area contributed by atoms with Gasteiger partial charge in [-0.3, -0.25) is 14.6 Å². The van der Waals surface area contributed by atoms with E-state index in [0.29, 0.717) is 22.9 Å². The molecule has 11 heteroatoms. The number of halogens is 2. The maximum absolute atomic E-state index is 13.2. The summed E-state index contributed by atoms with van der Waals surface area (Å²) in [7, 11) is 1.49. The van der Waals surface area contributed by atoms with E-state index in [-0.39, 0.29) is 33.6 Å². The molecule has 0 fully saturated rings. The van der Waals surface area contributed by atoms with Crippen molar-refractivity contribution in [3.05, 3.63) is 57.7 Å². The number of pyridine rings is 1. The highest BCUT2D eigenvalue weighted by molar-refractivity contribution is 6.32. The smallest absolute Gasteiger partial charge is 0.245 e. The summed E-state index contributed by atoms with van der Waals surface area (Å²) in [6.45, 7) is 4.12. The van der Waals surface area contributed by atoms with E-state index >= 15 is 0 Å². The molecule has 4 N–H and O–H groups in total. The average Bonchev–Trinajstić information content (AvgIpc) is 3.23. The topological polar surface area (TPSA) is 127 Å². The Morgan fingerprint density at radius 1 is 1.25 bits per heavy atom. The molecule has 0 radical (unpaired) electrons. The number of carbonyl (C=O) groups is 2. The Bertz CT molecular complexity index is 1280. The second kappa shape index (κ2) is 8.07. The number of likely N-dealkylation sites (N-methyl/N-ethyl adjacent to an activating group) is 1. The van der Waals surface area contributed by atoms with Crippen LogP contribution in [0.2, 0.25) is 10.2 Å². The minimum atomic E-state index is -0.434. The summed E-state index contributed by atoms with van der Waals surface area (Å²) < 4.78 is 1.71. The molecular formula is C21H21Cl2N7O2. The number of nitrogens with one attached hydrogen (secondary N) is 2. The Morgan fingerprint density at radius 3 is 2.69 bits per heavy atom. The van der Waals surface area contributed by atoms with Gasteiger partial charge in [-0.1, -0.05) is 37.0 Å². The Balaban J connectivity index is 1.61. The van der Waals surface area contributed by atoms with Crippen molar-refractivity contribution in [1.29, 1.82) is 0 Å². The van der Waals surface area contributed by atoms with Crippen LogP contribution in [0.4, 0.5) is 5.69 Å². The molecule has 0 aromatic carbocycles. The summed E-state index contributed by atoms with van der Waals surface area (Å²) >= 11 is 12.4. The van der Waals surface area contributed by atoms with Crippen LogP contribution in [0.1, 0.15) is 43.1 Å². The lowest BCUT2D eigenvalue weighted by molar-refractivity contribution is -0.118. The van der Waals surface area contributed by atoms with E-state index in [1.165, 1.54) is 19.3 Å². The summed E-state index contributed by atoms with van der Waals surface area (Å²) in [5.74, 6) is -1.02. The predicted octanol–water partition coefficient (Wildman–Crippen LogP) is 2.88. The number of rotatable bonds is 4. The quantitative estimate of drug-likeness (QED) is 0.499. The fraction of sp³-hybridized carbons (Fsp3) is 0.286. The average molecular weight is 474 g/mol. The van der Waals surface area contributed by atoms with Gasteiger partial charge in [0.2, 0.25) is 11.8 Å². The molecule has 166 valence electrons. The van der Waals surface area contributed by atoms with Crippen LogP contribution < -0.4 is 16.4 Å². The third-order valence-electron chi connectivity index (χ3n) is 5.44. The van der Waals surface area contributed by atoms with Crippen LogP contribution in [-0.2, 0) is 15.0 Å². The summed E-state index contributed by atoms with van der Waals surface area (Å²) in [5, 5.41) is 10.2. The van der Waals surface area contributed by atoms with Gasteiger partial charge in [0.15, 0.2) is 10.8 Å². The predicted molar refractivity (Wildman–Crippen MR) is 122 cm³/mol. The maximum atomic E-state index is 13.2. The van der Waals surface area contributed by atoms with E-state index in [9.17, 15) is 9.59 Å². The Morgan fingerprint density at radius 2 is 2.00 bits per heavy atom. The first-order chi connectivity index (χ1) is 15.1. The number of hydrogen-bond acceptors (Lipinski definition) is 6. The molecule has 2 amide bonds. The molecule has 0 aliphatic heterocycles. The van der Waals surface area contributed by atoms with Gasteiger partial charge in [0.05, 0.1) is 34.2 Å². The maximum Gasteiger partial charge on any atom is 0.245 e. The molecule has 0 bridgehead atoms. The third kappa shape index (κ3) is 3.89. The summed E-state index contributed by atoms with van der Waals surface area (Å²) in [5.41, 5.74) is 8.71. The zero-order chi connectivity index (χ0) is 23.2. The molecule has 1 atom stereocenters. The minimum Gasteiger partial charge on any atom is -0.397 e. The van der Waals surface area contributed by atoms with Gasteiger partial charge < -0.3 is 16.4 Å². The van der Waals surface area contributed by atoms with Crippen molar-refractivity contribution in [3.8, 4) is 0 Å². The van der Waals surface area contributed by atoms with Crippen molar-refractivity contribution in [1.82, 2.24) is 24.9 Å². The van der Waals surface area contributed by atoms with E-state index in [1.807, 2.05) is 0 Å². The van der Waals surface area contributed by atoms with E-state index in [2.05, 4.69) is 39.5 Å². The van der Waals surface area contributed by atoms with Gasteiger partial charge in [0.25, 0.3) is 0 Å². The zero-order valence-corrected chi connectivity index (χ0v) is 19.1. The van der Waals surface area contributed by atoms with Gasteiger partial charge in [0.1, 0.15) is 5.69 Å². The number of anilines is 1. The molecule has 3 aromatic rings. The highest BCUT2D eigenvalue weighted by atomic mass is 35.5. The van der Waals surface area contributed by atoms with Crippen molar-refractivity contribution in [2.24, 2.45) is 5.73 Å². The van der Waals surface area contributed by atoms with Gasteiger partial charge in [-0.25, -0.2) is 9.50 Å². The molecule has 4 rings (SSSR count). The molecule has 0 spiro atoms. The monoisotopic (exact) mass is 473 g/mol. The van der Waals surface area contributed by atoms with Crippen LogP contribution in [0, 0.1) is 0 Å². The Kier molecular flexibility index (Phi) is 5.56. The summed E-state index contributed by atoms with van der Waals surface area (Å²) in [4.78, 5) is 33.3. The largest absolute Gasteiger partial charge is 0.397 e. The van der Waals surface area contributed by atoms with E-state index < -0.39 is 5.92 Å². The molecule has 0 saturated carbocycles. The first kappa shape index (κ1) is 22.0. The Labute approximate surface area is 194 Å². The standard InChI is InChI=1S/C21H21Cl2N7O2/c1-21(2)7-11(12-9-26-16-6-15(23)29-30(16)19(12)21)20(32)28-10-4-13(22)18(27-8-10)14(24)5-17(31)25-3/h4-6,8-9,11H,7,24H2,1-3H3,(H,25,31)(H,28,32)/b14-5-. The van der Waals surface area contributed by atoms with Crippen molar-refractivity contribution in [2.45, 2.75) is 31.6 Å². The SMILES string of the molecule is CNC(=O)/C=C(\N)c1ncc(NC(=O)C2CC(C)(C)c3c2cnc2cc(Cl)nn32)cc1Cl. The molecule has 3 heterocycles. The number of nitrogens with two attached hydrogens (primary N) is 1. The van der Waals surface area contributed by atoms with Gasteiger partial charge in [-0.2, -0.15) is 5.10 Å². The van der Waals surface area contributed by atoms with Gasteiger partial charge in [-0.05, 0) is 12.5 Å². The number of hydrogen-bond donors (Lipinski definition) is 3. The molecule has 3 aromatic heterocycles. The number of nitrogens with zero attached hydrogens (tertiary/aromatic N) is 4. The minimum absolute atomic E-state index is 0.117. The van der Waals surface area contributed by atoms with Crippen LogP contribution in [0.25, 0.3) is 11.3 Å². The fourth-order valence-corrected chi connectivity index (χ4v) is 4.48. The molecule has 0 saturated heterocycles. The molecule has 1 aliphatic carbocycles. The second-order valence-corrected chi connectivity index (χ2v) is 8.99. The van der Waals surface area contributed by atoms with Crippen molar-refractivity contribution in [3.63, 3.8) is 0 Å². The van der Waals surface area contributed by atoms with Crippen LogP contribution >= 0.6 is 23.2 Å². The van der Waals surface area contributed by atoms with Crippen LogP contribution in [-0.4, -0.2) is 38.4 Å². The van der Waals surface area contributed by atoms with Gasteiger partial charge in [-0.15, -0.1) is 0 Å². The summed E-state index contributed by atoms with van der Waals surface area (Å²) in [6, 6.07) is 3.23. The van der Waals surface area contributed by atoms with Crippen molar-refractivity contribution in [2.75, 3.05) is 12.4 Å². The molecule has 1 aliphatic rings. The van der Waals surface area contributed by atoms with Gasteiger partial charge >= 0.3 is 0 Å². The molecule has 1 unspecified atom stereocenters. The highest BCUT2D eigenvalue weighted by Crippen LogP contribution is 2.46. The molecule has 9 nitrogen and oxygen atoms in total. The second-order valence-electron chi connectivity index (χ2n) is 8.20. The lowest BCUT2D eigenvalue weighted by Gasteiger charge is -2.19. The van der Waals surface area contributed by atoms with Crippen molar-refractivity contribution >= 4 is 52.0 Å². The fourth-order valence-electron chi connectivity index (χ4n) is 4.03. The summed E-state index contributed by atoms with van der Waals surface area (Å²) in [6.07, 6.45) is 4.92. The van der Waals surface area contributed by atoms with Crippen LogP contribution in [0.5, 0.6) is 0 Å². The van der Waals surface area contributed by atoms with E-state index in [1.54, 1.807) is 22.8 Å².